The number of aromatic nitrogens is 1. The van der Waals surface area contributed by atoms with Gasteiger partial charge >= 0.3 is 0 Å². The number of fused-ring (bicyclic) bond motifs is 4. The normalized spacial score (nSPS) is 15.1. The van der Waals surface area contributed by atoms with E-state index in [0.717, 1.165) is 28.4 Å². The number of carbonyl (C=O) groups is 1. The maximum Gasteiger partial charge on any atom is 0.256 e. The van der Waals surface area contributed by atoms with Crippen LogP contribution in [0.3, 0.4) is 0 Å². The number of primary sulfonamides is 1. The molecule has 30 heavy (non-hydrogen) atoms. The molecule has 1 aliphatic rings. The van der Waals surface area contributed by atoms with Crippen LogP contribution in [0.25, 0.3) is 33.5 Å². The first kappa shape index (κ1) is 18.6. The van der Waals surface area contributed by atoms with Crippen molar-refractivity contribution in [2.75, 3.05) is 5.32 Å². The Morgan fingerprint density at radius 2 is 1.77 bits per heavy atom. The van der Waals surface area contributed by atoms with E-state index in [1.54, 1.807) is 12.1 Å². The molecule has 2 heterocycles. The van der Waals surface area contributed by atoms with Crippen molar-refractivity contribution in [3.05, 3.63) is 71.8 Å². The van der Waals surface area contributed by atoms with E-state index < -0.39 is 10.0 Å². The van der Waals surface area contributed by atoms with Crippen LogP contribution in [0.4, 0.5) is 5.69 Å². The van der Waals surface area contributed by atoms with Crippen molar-refractivity contribution >= 4 is 55.1 Å². The molecule has 0 aliphatic carbocycles. The number of para-hydroxylation sites is 1. The van der Waals surface area contributed by atoms with E-state index >= 15 is 0 Å². The first-order valence-electron chi connectivity index (χ1n) is 9.58. The van der Waals surface area contributed by atoms with Gasteiger partial charge in [-0.25, -0.2) is 13.6 Å². The lowest BCUT2D eigenvalue weighted by Gasteiger charge is -2.04. The first-order chi connectivity index (χ1) is 14.4. The molecule has 150 valence electrons. The molecule has 1 aromatic heterocycles. The second-order valence-electron chi connectivity index (χ2n) is 7.30. The molecule has 3 N–H and O–H groups in total. The number of nitrogens with one attached hydrogen (secondary N) is 1. The Morgan fingerprint density at radius 1 is 1.00 bits per heavy atom. The number of anilines is 1. The maximum absolute atomic E-state index is 12.6. The molecule has 0 bridgehead atoms. The van der Waals surface area contributed by atoms with Gasteiger partial charge in [0, 0.05) is 45.2 Å². The van der Waals surface area contributed by atoms with E-state index in [1.807, 2.05) is 18.2 Å². The molecule has 0 atom stereocenters. The van der Waals surface area contributed by atoms with E-state index in [4.69, 9.17) is 5.14 Å². The lowest BCUT2D eigenvalue weighted by molar-refractivity contribution is -0.110. The van der Waals surface area contributed by atoms with E-state index in [0.29, 0.717) is 16.8 Å². The van der Waals surface area contributed by atoms with Crippen LogP contribution in [-0.2, 0) is 21.4 Å². The molecule has 0 saturated heterocycles. The average Bonchev–Trinajstić information content (AvgIpc) is 3.21. The number of rotatable bonds is 3. The lowest BCUT2D eigenvalue weighted by Crippen LogP contribution is -2.12. The molecule has 6 nitrogen and oxygen atoms in total. The molecule has 0 saturated carbocycles. The zero-order valence-electron chi connectivity index (χ0n) is 16.2. The van der Waals surface area contributed by atoms with Gasteiger partial charge in [0.2, 0.25) is 10.0 Å². The summed E-state index contributed by atoms with van der Waals surface area (Å²) in [5.41, 5.74) is 4.68. The zero-order valence-corrected chi connectivity index (χ0v) is 17.0. The van der Waals surface area contributed by atoms with Crippen molar-refractivity contribution < 1.29 is 13.2 Å². The fourth-order valence-electron chi connectivity index (χ4n) is 4.16. The van der Waals surface area contributed by atoms with E-state index in [2.05, 4.69) is 41.1 Å². The molecule has 0 unspecified atom stereocenters. The number of nitrogens with zero attached hydrogens (tertiary/aromatic N) is 1. The third-order valence-electron chi connectivity index (χ3n) is 5.53. The molecule has 1 amide bonds. The fourth-order valence-corrected chi connectivity index (χ4v) is 4.70. The Hall–Kier alpha value is -3.42. The van der Waals surface area contributed by atoms with Crippen LogP contribution in [0.15, 0.2) is 65.6 Å². The molecule has 3 aromatic carbocycles. The number of nitrogens with two attached hydrogens (primary N) is 1. The maximum atomic E-state index is 12.6. The molecule has 0 fully saturated rings. The Morgan fingerprint density at radius 3 is 2.53 bits per heavy atom. The summed E-state index contributed by atoms with van der Waals surface area (Å²) in [7, 11) is -3.86. The molecule has 5 rings (SSSR count). The van der Waals surface area contributed by atoms with Gasteiger partial charge in [0.15, 0.2) is 0 Å². The Labute approximate surface area is 173 Å². The molecule has 4 aromatic rings. The number of carbonyl (C=O) groups excluding carboxylic acids is 1. The number of hydrogen-bond donors (Lipinski definition) is 2. The van der Waals surface area contributed by atoms with Crippen molar-refractivity contribution in [2.24, 2.45) is 5.14 Å². The van der Waals surface area contributed by atoms with Gasteiger partial charge in [-0.2, -0.15) is 0 Å². The molecule has 1 aliphatic heterocycles. The second-order valence-corrected chi connectivity index (χ2v) is 8.86. The average molecular weight is 417 g/mol. The fraction of sp³-hybridized carbons (Fsp3) is 0.0870. The molecule has 0 spiro atoms. The zero-order chi connectivity index (χ0) is 21.0. The number of hydrogen-bond acceptors (Lipinski definition) is 3. The highest BCUT2D eigenvalue weighted by molar-refractivity contribution is 7.89. The standard InChI is InChI=1S/C23H19N3O3S/c1-2-26-21-6-4-3-5-16(21)18-11-14(7-10-22(18)26)12-19-17-13-15(30(24,28)29)8-9-20(17)25-23(19)27/h3-13H,2H2,1H3,(H,25,27)(H2,24,28,29)/b19-12-. The van der Waals surface area contributed by atoms with Gasteiger partial charge in [0.1, 0.15) is 0 Å². The van der Waals surface area contributed by atoms with Crippen molar-refractivity contribution in [1.29, 1.82) is 0 Å². The van der Waals surface area contributed by atoms with E-state index in [-0.39, 0.29) is 10.8 Å². The van der Waals surface area contributed by atoms with Crippen LogP contribution >= 0.6 is 0 Å². The summed E-state index contributed by atoms with van der Waals surface area (Å²) in [6, 6.07) is 18.7. The Balaban J connectivity index is 1.69. The van der Waals surface area contributed by atoms with Crippen LogP contribution < -0.4 is 10.5 Å². The van der Waals surface area contributed by atoms with Crippen LogP contribution in [-0.4, -0.2) is 18.9 Å². The monoisotopic (exact) mass is 417 g/mol. The van der Waals surface area contributed by atoms with Crippen LogP contribution in [0, 0.1) is 0 Å². The summed E-state index contributed by atoms with van der Waals surface area (Å²) in [6.07, 6.45) is 1.78. The minimum atomic E-state index is -3.86. The number of amides is 1. The first-order valence-corrected chi connectivity index (χ1v) is 11.1. The van der Waals surface area contributed by atoms with E-state index in [1.165, 1.54) is 17.6 Å². The minimum Gasteiger partial charge on any atom is -0.341 e. The van der Waals surface area contributed by atoms with Gasteiger partial charge in [-0.3, -0.25) is 4.79 Å². The quantitative estimate of drug-likeness (QED) is 0.494. The highest BCUT2D eigenvalue weighted by atomic mass is 32.2. The predicted molar refractivity (Wildman–Crippen MR) is 119 cm³/mol. The lowest BCUT2D eigenvalue weighted by atomic mass is 10.0. The molecule has 7 heteroatoms. The minimum absolute atomic E-state index is 0.0230. The van der Waals surface area contributed by atoms with Gasteiger partial charge in [-0.15, -0.1) is 0 Å². The predicted octanol–water partition coefficient (Wildman–Crippen LogP) is 3.95. The van der Waals surface area contributed by atoms with Crippen LogP contribution in [0.2, 0.25) is 0 Å². The van der Waals surface area contributed by atoms with Crippen molar-refractivity contribution in [1.82, 2.24) is 4.57 Å². The summed E-state index contributed by atoms with van der Waals surface area (Å²) in [4.78, 5) is 12.5. The van der Waals surface area contributed by atoms with Crippen molar-refractivity contribution in [3.8, 4) is 0 Å². The van der Waals surface area contributed by atoms with Gasteiger partial charge in [-0.05, 0) is 55.0 Å². The van der Waals surface area contributed by atoms with Gasteiger partial charge < -0.3 is 9.88 Å². The highest BCUT2D eigenvalue weighted by Crippen LogP contribution is 2.36. The number of aryl methyl sites for hydroxylation is 1. The van der Waals surface area contributed by atoms with Gasteiger partial charge in [0.25, 0.3) is 5.91 Å². The summed E-state index contributed by atoms with van der Waals surface area (Å²) < 4.78 is 25.7. The number of benzene rings is 3. The summed E-state index contributed by atoms with van der Waals surface area (Å²) in [5.74, 6) is -0.271. The molecule has 0 radical (unpaired) electrons. The topological polar surface area (TPSA) is 94.2 Å². The highest BCUT2D eigenvalue weighted by Gasteiger charge is 2.26. The van der Waals surface area contributed by atoms with Crippen LogP contribution in [0.1, 0.15) is 18.1 Å². The number of sulfonamides is 1. The van der Waals surface area contributed by atoms with Gasteiger partial charge in [0.05, 0.1) is 4.90 Å². The van der Waals surface area contributed by atoms with Crippen molar-refractivity contribution in [3.63, 3.8) is 0 Å². The third-order valence-corrected chi connectivity index (χ3v) is 6.44. The SMILES string of the molecule is CCn1c2ccccc2c2cc(/C=C3\C(=O)Nc4ccc(S(N)(=O)=O)cc43)ccc21. The smallest absolute Gasteiger partial charge is 0.256 e. The Bertz CT molecular complexity index is 1500. The van der Waals surface area contributed by atoms with E-state index in [9.17, 15) is 13.2 Å². The molecular formula is C23H19N3O3S. The second kappa shape index (κ2) is 6.55. The summed E-state index contributed by atoms with van der Waals surface area (Å²) in [6.45, 7) is 2.97. The summed E-state index contributed by atoms with van der Waals surface area (Å²) in [5, 5.41) is 10.3. The van der Waals surface area contributed by atoms with Crippen LogP contribution in [0.5, 0.6) is 0 Å². The van der Waals surface area contributed by atoms with Crippen molar-refractivity contribution in [2.45, 2.75) is 18.4 Å². The largest absolute Gasteiger partial charge is 0.341 e. The van der Waals surface area contributed by atoms with Gasteiger partial charge in [-0.1, -0.05) is 24.3 Å². The Kier molecular flexibility index (Phi) is 4.06. The molecular weight excluding hydrogens is 398 g/mol. The summed E-state index contributed by atoms with van der Waals surface area (Å²) >= 11 is 0. The third kappa shape index (κ3) is 2.82.